The van der Waals surface area contributed by atoms with Gasteiger partial charge in [0.15, 0.2) is 0 Å². The van der Waals surface area contributed by atoms with Crippen molar-refractivity contribution in [1.29, 1.82) is 0 Å². The van der Waals surface area contributed by atoms with Crippen LogP contribution >= 0.6 is 0 Å². The molecule has 0 amide bonds. The zero-order valence-corrected chi connectivity index (χ0v) is 13.5. The van der Waals surface area contributed by atoms with Gasteiger partial charge in [-0.2, -0.15) is 0 Å². The second-order valence-electron chi connectivity index (χ2n) is 6.47. The van der Waals surface area contributed by atoms with Crippen LogP contribution in [0.2, 0.25) is 0 Å². The molecule has 0 aromatic heterocycles. The Kier molecular flexibility index (Phi) is 4.32. The summed E-state index contributed by atoms with van der Waals surface area (Å²) in [5, 5.41) is 0. The zero-order chi connectivity index (χ0) is 14.9. The lowest BCUT2D eigenvalue weighted by atomic mass is 9.84. The van der Waals surface area contributed by atoms with Crippen LogP contribution < -0.4 is 0 Å². The largest absolute Gasteiger partial charge is 0.0949 e. The van der Waals surface area contributed by atoms with Crippen LogP contribution in [0.4, 0.5) is 0 Å². The van der Waals surface area contributed by atoms with Crippen molar-refractivity contribution in [3.8, 4) is 0 Å². The van der Waals surface area contributed by atoms with E-state index in [2.05, 4.69) is 71.5 Å². The first-order valence-corrected chi connectivity index (χ1v) is 7.61. The van der Waals surface area contributed by atoms with Gasteiger partial charge in [-0.05, 0) is 53.0 Å². The molecule has 20 heavy (non-hydrogen) atoms. The molecule has 0 saturated heterocycles. The molecule has 1 aromatic rings. The van der Waals surface area contributed by atoms with E-state index in [1.807, 2.05) is 0 Å². The van der Waals surface area contributed by atoms with Crippen LogP contribution in [-0.2, 0) is 0 Å². The van der Waals surface area contributed by atoms with E-state index in [1.165, 1.54) is 33.4 Å². The SMILES string of the molecule is C=C1CC=C(C)C=C1c1ccc(C(C)C)c(C(C)C)c1. The maximum Gasteiger partial charge on any atom is -0.00914 e. The fourth-order valence-corrected chi connectivity index (χ4v) is 2.84. The van der Waals surface area contributed by atoms with E-state index in [4.69, 9.17) is 0 Å². The third-order valence-corrected chi connectivity index (χ3v) is 4.07. The van der Waals surface area contributed by atoms with Gasteiger partial charge < -0.3 is 0 Å². The van der Waals surface area contributed by atoms with Gasteiger partial charge in [-0.15, -0.1) is 0 Å². The highest BCUT2D eigenvalue weighted by molar-refractivity contribution is 5.82. The van der Waals surface area contributed by atoms with Crippen molar-refractivity contribution in [1.82, 2.24) is 0 Å². The van der Waals surface area contributed by atoms with Crippen LogP contribution in [0.1, 0.15) is 69.6 Å². The van der Waals surface area contributed by atoms with Gasteiger partial charge in [0.05, 0.1) is 0 Å². The molecule has 0 heteroatoms. The predicted octanol–water partition coefficient (Wildman–Crippen LogP) is 6.22. The monoisotopic (exact) mass is 266 g/mol. The molecule has 0 N–H and O–H groups in total. The minimum absolute atomic E-state index is 0.557. The number of hydrogen-bond donors (Lipinski definition) is 0. The van der Waals surface area contributed by atoms with Crippen LogP contribution in [0.15, 0.2) is 48.1 Å². The lowest BCUT2D eigenvalue weighted by Crippen LogP contribution is -2.01. The first-order chi connectivity index (χ1) is 9.40. The molecule has 2 rings (SSSR count). The Hall–Kier alpha value is -1.56. The molecule has 0 saturated carbocycles. The van der Waals surface area contributed by atoms with Gasteiger partial charge in [-0.25, -0.2) is 0 Å². The second-order valence-corrected chi connectivity index (χ2v) is 6.47. The molecule has 1 aliphatic rings. The van der Waals surface area contributed by atoms with Gasteiger partial charge in [-0.3, -0.25) is 0 Å². The Morgan fingerprint density at radius 1 is 1.00 bits per heavy atom. The van der Waals surface area contributed by atoms with Gasteiger partial charge >= 0.3 is 0 Å². The molecular formula is C20H26. The van der Waals surface area contributed by atoms with E-state index in [9.17, 15) is 0 Å². The summed E-state index contributed by atoms with van der Waals surface area (Å²) in [7, 11) is 0. The van der Waals surface area contributed by atoms with Crippen molar-refractivity contribution in [3.63, 3.8) is 0 Å². The molecule has 0 heterocycles. The number of hydrogen-bond acceptors (Lipinski definition) is 0. The van der Waals surface area contributed by atoms with E-state index >= 15 is 0 Å². The quantitative estimate of drug-likeness (QED) is 0.609. The summed E-state index contributed by atoms with van der Waals surface area (Å²) in [6.07, 6.45) is 5.48. The van der Waals surface area contributed by atoms with Crippen LogP contribution in [0.3, 0.4) is 0 Å². The fourth-order valence-electron chi connectivity index (χ4n) is 2.84. The van der Waals surface area contributed by atoms with Crippen LogP contribution in [-0.4, -0.2) is 0 Å². The fraction of sp³-hybridized carbons (Fsp3) is 0.400. The van der Waals surface area contributed by atoms with Gasteiger partial charge in [-0.1, -0.05) is 70.2 Å². The van der Waals surface area contributed by atoms with E-state index in [1.54, 1.807) is 0 Å². The van der Waals surface area contributed by atoms with Crippen molar-refractivity contribution in [2.24, 2.45) is 0 Å². The molecule has 0 spiro atoms. The van der Waals surface area contributed by atoms with Gasteiger partial charge in [0, 0.05) is 0 Å². The summed E-state index contributed by atoms with van der Waals surface area (Å²) >= 11 is 0. The molecule has 0 unspecified atom stereocenters. The highest BCUT2D eigenvalue weighted by Crippen LogP contribution is 2.34. The van der Waals surface area contributed by atoms with Crippen LogP contribution in [0, 0.1) is 0 Å². The summed E-state index contributed by atoms with van der Waals surface area (Å²) in [6, 6.07) is 6.93. The van der Waals surface area contributed by atoms with E-state index in [-0.39, 0.29) is 0 Å². The van der Waals surface area contributed by atoms with Crippen molar-refractivity contribution >= 4 is 5.57 Å². The highest BCUT2D eigenvalue weighted by Gasteiger charge is 2.14. The smallest absolute Gasteiger partial charge is 0.00914 e. The van der Waals surface area contributed by atoms with Crippen molar-refractivity contribution in [2.75, 3.05) is 0 Å². The topological polar surface area (TPSA) is 0 Å². The van der Waals surface area contributed by atoms with Gasteiger partial charge in [0.2, 0.25) is 0 Å². The van der Waals surface area contributed by atoms with Gasteiger partial charge in [0.1, 0.15) is 0 Å². The Balaban J connectivity index is 2.51. The Labute approximate surface area is 123 Å². The summed E-state index contributed by atoms with van der Waals surface area (Å²) in [6.45, 7) is 15.5. The maximum atomic E-state index is 4.23. The van der Waals surface area contributed by atoms with Crippen LogP contribution in [0.5, 0.6) is 0 Å². The lowest BCUT2D eigenvalue weighted by molar-refractivity contribution is 0.789. The standard InChI is InChI=1S/C20H26/c1-13(2)18-10-9-17(12-19(18)14(3)4)20-11-15(5)7-8-16(20)6/h7,9-14H,6,8H2,1-5H3. The summed E-state index contributed by atoms with van der Waals surface area (Å²) in [5.74, 6) is 1.13. The molecule has 0 bridgehead atoms. The lowest BCUT2D eigenvalue weighted by Gasteiger charge is -2.20. The first-order valence-electron chi connectivity index (χ1n) is 7.61. The van der Waals surface area contributed by atoms with Crippen molar-refractivity contribution in [3.05, 3.63) is 64.8 Å². The molecule has 0 fully saturated rings. The van der Waals surface area contributed by atoms with Crippen molar-refractivity contribution in [2.45, 2.75) is 52.9 Å². The van der Waals surface area contributed by atoms with Gasteiger partial charge in [0.25, 0.3) is 0 Å². The molecule has 0 atom stereocenters. The second kappa shape index (κ2) is 5.83. The summed E-state index contributed by atoms with van der Waals surface area (Å²) in [5.41, 5.74) is 8.13. The molecule has 0 nitrogen and oxygen atoms in total. The molecule has 1 aliphatic carbocycles. The summed E-state index contributed by atoms with van der Waals surface area (Å²) < 4.78 is 0. The molecule has 0 radical (unpaired) electrons. The number of rotatable bonds is 3. The third-order valence-electron chi connectivity index (χ3n) is 4.07. The Morgan fingerprint density at radius 2 is 1.65 bits per heavy atom. The molecular weight excluding hydrogens is 240 g/mol. The molecule has 0 aliphatic heterocycles. The minimum Gasteiger partial charge on any atom is -0.0949 e. The first kappa shape index (κ1) is 14.8. The average Bonchev–Trinajstić information content (AvgIpc) is 2.40. The number of benzene rings is 1. The Morgan fingerprint density at radius 3 is 2.25 bits per heavy atom. The molecule has 1 aromatic carbocycles. The predicted molar refractivity (Wildman–Crippen MR) is 90.1 cm³/mol. The summed E-state index contributed by atoms with van der Waals surface area (Å²) in [4.78, 5) is 0. The van der Waals surface area contributed by atoms with E-state index < -0.39 is 0 Å². The van der Waals surface area contributed by atoms with Crippen molar-refractivity contribution < 1.29 is 0 Å². The minimum atomic E-state index is 0.557. The van der Waals surface area contributed by atoms with E-state index in [0.717, 1.165) is 6.42 Å². The number of allylic oxidation sites excluding steroid dienone is 5. The highest BCUT2D eigenvalue weighted by atomic mass is 14.2. The third kappa shape index (κ3) is 2.95. The normalized spacial score (nSPS) is 15.7. The Bertz CT molecular complexity index is 580. The maximum absolute atomic E-state index is 4.23. The van der Waals surface area contributed by atoms with Crippen LogP contribution in [0.25, 0.3) is 5.57 Å². The molecule has 106 valence electrons. The van der Waals surface area contributed by atoms with E-state index in [0.29, 0.717) is 11.8 Å². The average molecular weight is 266 g/mol. The zero-order valence-electron chi connectivity index (χ0n) is 13.5.